The summed E-state index contributed by atoms with van der Waals surface area (Å²) >= 11 is 0. The van der Waals surface area contributed by atoms with Gasteiger partial charge in [0.15, 0.2) is 0 Å². The van der Waals surface area contributed by atoms with Crippen molar-refractivity contribution < 1.29 is 31.1 Å². The van der Waals surface area contributed by atoms with E-state index < -0.39 is 29.0 Å². The van der Waals surface area contributed by atoms with Crippen LogP contribution in [0.4, 0.5) is 26.3 Å². The number of alkyl halides is 6. The van der Waals surface area contributed by atoms with Crippen molar-refractivity contribution in [3.63, 3.8) is 0 Å². The number of hydrogen-bond acceptors (Lipinski definition) is 1. The van der Waals surface area contributed by atoms with Crippen LogP contribution in [0.15, 0.2) is 18.2 Å². The number of benzene rings is 1. The molecule has 1 aromatic rings. The van der Waals surface area contributed by atoms with Crippen molar-refractivity contribution in [3.05, 3.63) is 34.9 Å². The van der Waals surface area contributed by atoms with Crippen molar-refractivity contribution in [1.29, 1.82) is 0 Å². The fraction of sp³-hybridized carbons (Fsp3) is 0.222. The molecule has 0 aliphatic carbocycles. The highest BCUT2D eigenvalue weighted by Crippen LogP contribution is 2.35. The van der Waals surface area contributed by atoms with Crippen molar-refractivity contribution in [2.24, 2.45) is 0 Å². The molecule has 16 heavy (non-hydrogen) atoms. The second-order valence-electron chi connectivity index (χ2n) is 2.90. The number of carbonyl (C=O) groups excluding carboxylic acids is 1. The van der Waals surface area contributed by atoms with E-state index in [2.05, 4.69) is 0 Å². The van der Waals surface area contributed by atoms with E-state index in [4.69, 9.17) is 0 Å². The molecule has 0 amide bonds. The van der Waals surface area contributed by atoms with Gasteiger partial charge in [0.1, 0.15) is 0 Å². The molecule has 87 valence electrons. The molecular formula is C9H3F6O. The Kier molecular flexibility index (Phi) is 2.98. The fourth-order valence-electron chi connectivity index (χ4n) is 1.01. The van der Waals surface area contributed by atoms with Crippen molar-refractivity contribution in [1.82, 2.24) is 0 Å². The third-order valence-electron chi connectivity index (χ3n) is 1.71. The predicted molar refractivity (Wildman–Crippen MR) is 41.2 cm³/mol. The molecule has 0 fully saturated rings. The van der Waals surface area contributed by atoms with Gasteiger partial charge < -0.3 is 0 Å². The van der Waals surface area contributed by atoms with Crippen LogP contribution in [0.2, 0.25) is 0 Å². The van der Waals surface area contributed by atoms with Crippen LogP contribution in [-0.2, 0) is 17.1 Å². The average Bonchev–Trinajstić information content (AvgIpc) is 2.14. The van der Waals surface area contributed by atoms with Gasteiger partial charge in [0, 0.05) is 5.56 Å². The molecule has 0 aliphatic heterocycles. The minimum Gasteiger partial charge on any atom is -0.285 e. The van der Waals surface area contributed by atoms with Crippen molar-refractivity contribution in [3.8, 4) is 0 Å². The van der Waals surface area contributed by atoms with Crippen LogP contribution in [0.1, 0.15) is 16.7 Å². The van der Waals surface area contributed by atoms with E-state index in [9.17, 15) is 31.1 Å². The van der Waals surface area contributed by atoms with Gasteiger partial charge in [-0.15, -0.1) is 0 Å². The highest BCUT2D eigenvalue weighted by molar-refractivity contribution is 5.76. The lowest BCUT2D eigenvalue weighted by Gasteiger charge is -2.11. The van der Waals surface area contributed by atoms with Gasteiger partial charge in [-0.05, 0) is 18.2 Å². The van der Waals surface area contributed by atoms with E-state index in [-0.39, 0.29) is 6.07 Å². The molecule has 0 bridgehead atoms. The molecule has 0 aromatic heterocycles. The first-order chi connectivity index (χ1) is 7.14. The van der Waals surface area contributed by atoms with Crippen molar-refractivity contribution in [2.75, 3.05) is 0 Å². The van der Waals surface area contributed by atoms with Gasteiger partial charge in [-0.3, -0.25) is 4.79 Å². The smallest absolute Gasteiger partial charge is 0.285 e. The molecular weight excluding hydrogens is 238 g/mol. The molecule has 0 saturated carbocycles. The second kappa shape index (κ2) is 3.80. The maximum Gasteiger partial charge on any atom is 0.416 e. The van der Waals surface area contributed by atoms with Gasteiger partial charge in [0.2, 0.25) is 6.29 Å². The molecule has 1 radical (unpaired) electrons. The molecule has 1 nitrogen and oxygen atoms in total. The minimum atomic E-state index is -4.94. The predicted octanol–water partition coefficient (Wildman–Crippen LogP) is 3.18. The number of hydrogen-bond donors (Lipinski definition) is 0. The van der Waals surface area contributed by atoms with Crippen LogP contribution in [0, 0.1) is 0 Å². The Morgan fingerprint density at radius 2 is 1.19 bits per heavy atom. The molecule has 7 heteroatoms. The Hall–Kier alpha value is -1.53. The molecule has 0 saturated heterocycles. The van der Waals surface area contributed by atoms with Gasteiger partial charge in [-0.1, -0.05) is 0 Å². The van der Waals surface area contributed by atoms with E-state index in [1.54, 1.807) is 0 Å². The second-order valence-corrected chi connectivity index (χ2v) is 2.90. The highest BCUT2D eigenvalue weighted by atomic mass is 19.4. The van der Waals surface area contributed by atoms with Crippen LogP contribution in [0.5, 0.6) is 0 Å². The maximum atomic E-state index is 12.2. The van der Waals surface area contributed by atoms with Gasteiger partial charge >= 0.3 is 12.4 Å². The molecule has 0 atom stereocenters. The Morgan fingerprint density at radius 1 is 0.812 bits per heavy atom. The molecule has 0 spiro atoms. The highest BCUT2D eigenvalue weighted by Gasteiger charge is 2.36. The summed E-state index contributed by atoms with van der Waals surface area (Å²) in [4.78, 5) is 10.1. The monoisotopic (exact) mass is 241 g/mol. The van der Waals surface area contributed by atoms with E-state index in [0.717, 1.165) is 6.29 Å². The SMILES string of the molecule is O=[C]c1cc(C(F)(F)F)cc(C(F)(F)F)c1. The molecule has 0 aliphatic rings. The van der Waals surface area contributed by atoms with Crippen molar-refractivity contribution >= 4 is 6.29 Å². The van der Waals surface area contributed by atoms with Crippen LogP contribution >= 0.6 is 0 Å². The van der Waals surface area contributed by atoms with Crippen LogP contribution in [0.3, 0.4) is 0 Å². The van der Waals surface area contributed by atoms with Gasteiger partial charge in [-0.2, -0.15) is 26.3 Å². The minimum absolute atomic E-state index is 0.0547. The summed E-state index contributed by atoms with van der Waals surface area (Å²) < 4.78 is 73.1. The van der Waals surface area contributed by atoms with Gasteiger partial charge in [-0.25, -0.2) is 0 Å². The van der Waals surface area contributed by atoms with Gasteiger partial charge in [0.05, 0.1) is 11.1 Å². The Bertz CT molecular complexity index is 371. The van der Waals surface area contributed by atoms with E-state index in [1.165, 1.54) is 0 Å². The standard InChI is InChI=1S/C9H3F6O/c10-8(11,12)6-1-5(4-16)2-7(3-6)9(13,14)15/h1-3H. The zero-order chi connectivity index (χ0) is 12.6. The summed E-state index contributed by atoms with van der Waals surface area (Å²) in [7, 11) is 0. The Labute approximate surface area is 85.7 Å². The number of rotatable bonds is 1. The third-order valence-corrected chi connectivity index (χ3v) is 1.71. The summed E-state index contributed by atoms with van der Waals surface area (Å²) in [6.07, 6.45) is -8.87. The van der Waals surface area contributed by atoms with E-state index >= 15 is 0 Å². The Balaban J connectivity index is 3.39. The Morgan fingerprint density at radius 3 is 1.44 bits per heavy atom. The van der Waals surface area contributed by atoms with Gasteiger partial charge in [0.25, 0.3) is 0 Å². The lowest BCUT2D eigenvalue weighted by Crippen LogP contribution is -2.11. The zero-order valence-electron chi connectivity index (χ0n) is 7.41. The lowest BCUT2D eigenvalue weighted by molar-refractivity contribution is -0.143. The fourth-order valence-corrected chi connectivity index (χ4v) is 1.01. The summed E-state index contributed by atoms with van der Waals surface area (Å²) in [5, 5.41) is 0. The van der Waals surface area contributed by atoms with Crippen LogP contribution in [-0.4, -0.2) is 6.29 Å². The summed E-state index contributed by atoms with van der Waals surface area (Å²) in [6, 6.07) is 0.561. The summed E-state index contributed by atoms with van der Waals surface area (Å²) in [5.41, 5.74) is -3.84. The molecule has 0 N–H and O–H groups in total. The molecule has 1 aromatic carbocycles. The summed E-state index contributed by atoms with van der Waals surface area (Å²) in [6.45, 7) is 0. The molecule has 0 unspecified atom stereocenters. The normalized spacial score (nSPS) is 12.6. The van der Waals surface area contributed by atoms with E-state index in [0.29, 0.717) is 12.1 Å². The maximum absolute atomic E-state index is 12.2. The van der Waals surface area contributed by atoms with Crippen LogP contribution < -0.4 is 0 Å². The first-order valence-electron chi connectivity index (χ1n) is 3.82. The van der Waals surface area contributed by atoms with E-state index in [1.807, 2.05) is 0 Å². The van der Waals surface area contributed by atoms with Crippen LogP contribution in [0.25, 0.3) is 0 Å². The lowest BCUT2D eigenvalue weighted by atomic mass is 10.1. The van der Waals surface area contributed by atoms with Crippen molar-refractivity contribution in [2.45, 2.75) is 12.4 Å². The zero-order valence-corrected chi connectivity index (χ0v) is 7.41. The largest absolute Gasteiger partial charge is 0.416 e. The molecule has 1 rings (SSSR count). The average molecular weight is 241 g/mol. The third kappa shape index (κ3) is 2.74. The molecule has 0 heterocycles. The topological polar surface area (TPSA) is 17.1 Å². The first kappa shape index (κ1) is 12.5. The summed E-state index contributed by atoms with van der Waals surface area (Å²) in [5.74, 6) is 0. The number of halogens is 6. The first-order valence-corrected chi connectivity index (χ1v) is 3.82. The quantitative estimate of drug-likeness (QED) is 0.690.